The van der Waals surface area contributed by atoms with Crippen molar-refractivity contribution < 1.29 is 14.5 Å². The van der Waals surface area contributed by atoms with Gasteiger partial charge in [0.25, 0.3) is 5.69 Å². The zero-order chi connectivity index (χ0) is 24.9. The van der Waals surface area contributed by atoms with E-state index >= 15 is 0 Å². The quantitative estimate of drug-likeness (QED) is 0.215. The molecular formula is C24H22N6O4S. The Bertz CT molecular complexity index is 1380. The molecule has 0 saturated carbocycles. The van der Waals surface area contributed by atoms with Crippen LogP contribution in [-0.2, 0) is 4.79 Å². The molecule has 0 aliphatic rings. The molecule has 0 saturated heterocycles. The van der Waals surface area contributed by atoms with Crippen molar-refractivity contribution in [2.24, 2.45) is 0 Å². The molecule has 0 aliphatic heterocycles. The fourth-order valence-electron chi connectivity index (χ4n) is 3.47. The summed E-state index contributed by atoms with van der Waals surface area (Å²) in [6.45, 7) is 3.69. The monoisotopic (exact) mass is 490 g/mol. The van der Waals surface area contributed by atoms with E-state index < -0.39 is 16.1 Å². The van der Waals surface area contributed by atoms with Gasteiger partial charge >= 0.3 is 0 Å². The summed E-state index contributed by atoms with van der Waals surface area (Å²) in [5.41, 5.74) is 2.96. The lowest BCUT2D eigenvalue weighted by Crippen LogP contribution is -2.20. The summed E-state index contributed by atoms with van der Waals surface area (Å²) in [7, 11) is 1.56. The molecule has 1 N–H and O–H groups in total. The number of thioether (sulfide) groups is 1. The van der Waals surface area contributed by atoms with Crippen LogP contribution in [0.3, 0.4) is 0 Å². The second kappa shape index (κ2) is 10.3. The van der Waals surface area contributed by atoms with Gasteiger partial charge in [0.2, 0.25) is 11.1 Å². The molecule has 1 atom stereocenters. The summed E-state index contributed by atoms with van der Waals surface area (Å²) < 4.78 is 6.98. The lowest BCUT2D eigenvalue weighted by molar-refractivity contribution is -0.384. The van der Waals surface area contributed by atoms with Crippen molar-refractivity contribution in [3.8, 4) is 11.4 Å². The third-order valence-corrected chi connectivity index (χ3v) is 6.36. The Morgan fingerprint density at radius 1 is 1.09 bits per heavy atom. The summed E-state index contributed by atoms with van der Waals surface area (Å²) in [5.74, 6) is 0.125. The molecule has 0 bridgehead atoms. The standard InChI is InChI=1S/C24H22N6O4S/c1-15-9-11-18(19(13-15)30(32)33)25-23(31)22(17-7-5-4-6-8-17)35-24-26-27-28-29(24)20-14-16(2)10-12-21(20)34-3/h4-14,22H,1-3H3,(H,25,31). The Balaban J connectivity index is 1.71. The van der Waals surface area contributed by atoms with Crippen molar-refractivity contribution >= 4 is 29.0 Å². The van der Waals surface area contributed by atoms with Crippen molar-refractivity contribution in [1.82, 2.24) is 20.2 Å². The maximum absolute atomic E-state index is 13.5. The van der Waals surface area contributed by atoms with Gasteiger partial charge < -0.3 is 10.1 Å². The molecule has 0 spiro atoms. The number of carbonyl (C=O) groups excluding carboxylic acids is 1. The number of carbonyl (C=O) groups is 1. The zero-order valence-electron chi connectivity index (χ0n) is 19.2. The highest BCUT2D eigenvalue weighted by Crippen LogP contribution is 2.38. The average molecular weight is 491 g/mol. The summed E-state index contributed by atoms with van der Waals surface area (Å²) >= 11 is 1.13. The molecule has 178 valence electrons. The predicted octanol–water partition coefficient (Wildman–Crippen LogP) is 4.67. The second-order valence-electron chi connectivity index (χ2n) is 7.72. The Hall–Kier alpha value is -4.25. The number of hydrogen-bond donors (Lipinski definition) is 1. The highest BCUT2D eigenvalue weighted by atomic mass is 32.2. The van der Waals surface area contributed by atoms with Gasteiger partial charge in [-0.25, -0.2) is 0 Å². The number of nitrogens with one attached hydrogen (secondary N) is 1. The number of tetrazole rings is 1. The average Bonchev–Trinajstić information content (AvgIpc) is 3.32. The number of nitro groups is 1. The summed E-state index contributed by atoms with van der Waals surface area (Å²) in [6.07, 6.45) is 0. The van der Waals surface area contributed by atoms with E-state index in [-0.39, 0.29) is 11.4 Å². The van der Waals surface area contributed by atoms with Crippen LogP contribution in [0.2, 0.25) is 0 Å². The minimum absolute atomic E-state index is 0.118. The van der Waals surface area contributed by atoms with Crippen molar-refractivity contribution in [1.29, 1.82) is 0 Å². The molecule has 10 nitrogen and oxygen atoms in total. The number of nitro benzene ring substituents is 1. The van der Waals surface area contributed by atoms with Crippen LogP contribution in [0.4, 0.5) is 11.4 Å². The first kappa shape index (κ1) is 23.9. The van der Waals surface area contributed by atoms with Crippen LogP contribution in [0, 0.1) is 24.0 Å². The third kappa shape index (κ3) is 5.30. The second-order valence-corrected chi connectivity index (χ2v) is 8.80. The smallest absolute Gasteiger partial charge is 0.293 e. The van der Waals surface area contributed by atoms with E-state index in [0.717, 1.165) is 22.9 Å². The van der Waals surface area contributed by atoms with E-state index in [2.05, 4.69) is 20.8 Å². The largest absolute Gasteiger partial charge is 0.494 e. The first-order chi connectivity index (χ1) is 16.9. The van der Waals surface area contributed by atoms with Gasteiger partial charge in [0.05, 0.1) is 12.0 Å². The van der Waals surface area contributed by atoms with Gasteiger partial charge in [-0.3, -0.25) is 14.9 Å². The fourth-order valence-corrected chi connectivity index (χ4v) is 4.46. The molecular weight excluding hydrogens is 468 g/mol. The van der Waals surface area contributed by atoms with E-state index in [4.69, 9.17) is 4.74 Å². The lowest BCUT2D eigenvalue weighted by atomic mass is 10.1. The number of amides is 1. The first-order valence-electron chi connectivity index (χ1n) is 10.6. The minimum atomic E-state index is -0.794. The molecule has 0 fully saturated rings. The van der Waals surface area contributed by atoms with Crippen LogP contribution in [0.15, 0.2) is 71.9 Å². The van der Waals surface area contributed by atoms with Crippen molar-refractivity contribution in [3.63, 3.8) is 0 Å². The number of ether oxygens (including phenoxy) is 1. The Morgan fingerprint density at radius 3 is 2.51 bits per heavy atom. The van der Waals surface area contributed by atoms with Gasteiger partial charge in [0.15, 0.2) is 0 Å². The molecule has 4 rings (SSSR count). The summed E-state index contributed by atoms with van der Waals surface area (Å²) in [4.78, 5) is 24.5. The number of nitrogens with zero attached hydrogens (tertiary/aromatic N) is 5. The molecule has 1 heterocycles. The third-order valence-electron chi connectivity index (χ3n) is 5.17. The zero-order valence-corrected chi connectivity index (χ0v) is 20.0. The lowest BCUT2D eigenvalue weighted by Gasteiger charge is -2.17. The van der Waals surface area contributed by atoms with Gasteiger partial charge in [0, 0.05) is 6.07 Å². The number of methoxy groups -OCH3 is 1. The highest BCUT2D eigenvalue weighted by Gasteiger charge is 2.28. The molecule has 35 heavy (non-hydrogen) atoms. The van der Waals surface area contributed by atoms with Gasteiger partial charge in [-0.2, -0.15) is 4.68 Å². The highest BCUT2D eigenvalue weighted by molar-refractivity contribution is 8.00. The Labute approximate surface area is 205 Å². The van der Waals surface area contributed by atoms with Crippen LogP contribution in [0.1, 0.15) is 21.9 Å². The Morgan fingerprint density at radius 2 is 1.80 bits per heavy atom. The van der Waals surface area contributed by atoms with Crippen molar-refractivity contribution in [3.05, 3.63) is 93.5 Å². The van der Waals surface area contributed by atoms with Crippen LogP contribution in [-0.4, -0.2) is 38.1 Å². The maximum atomic E-state index is 13.5. The van der Waals surface area contributed by atoms with E-state index in [1.807, 2.05) is 55.5 Å². The fraction of sp³-hybridized carbons (Fsp3) is 0.167. The molecule has 1 aromatic heterocycles. The van der Waals surface area contributed by atoms with Crippen LogP contribution < -0.4 is 10.1 Å². The van der Waals surface area contributed by atoms with E-state index in [9.17, 15) is 14.9 Å². The van der Waals surface area contributed by atoms with E-state index in [1.54, 1.807) is 20.1 Å². The van der Waals surface area contributed by atoms with Crippen LogP contribution >= 0.6 is 11.8 Å². The number of benzene rings is 3. The molecule has 3 aromatic carbocycles. The number of rotatable bonds is 8. The van der Waals surface area contributed by atoms with Crippen molar-refractivity contribution in [2.45, 2.75) is 24.3 Å². The molecule has 0 radical (unpaired) electrons. The SMILES string of the molecule is COc1ccc(C)cc1-n1nnnc1SC(C(=O)Nc1ccc(C)cc1[N+](=O)[O-])c1ccccc1. The van der Waals surface area contributed by atoms with Gasteiger partial charge in [-0.05, 0) is 59.2 Å². The maximum Gasteiger partial charge on any atom is 0.293 e. The molecule has 0 aliphatic carbocycles. The topological polar surface area (TPSA) is 125 Å². The molecule has 11 heteroatoms. The summed E-state index contributed by atoms with van der Waals surface area (Å²) in [5, 5.41) is 25.9. The number of aromatic nitrogens is 4. The van der Waals surface area contributed by atoms with Gasteiger partial charge in [0.1, 0.15) is 22.4 Å². The number of hydrogen-bond acceptors (Lipinski definition) is 8. The van der Waals surface area contributed by atoms with Crippen LogP contribution in [0.25, 0.3) is 5.69 Å². The first-order valence-corrected chi connectivity index (χ1v) is 11.5. The minimum Gasteiger partial charge on any atom is -0.494 e. The van der Waals surface area contributed by atoms with Gasteiger partial charge in [-0.1, -0.05) is 54.2 Å². The molecule has 4 aromatic rings. The molecule has 1 unspecified atom stereocenters. The number of aryl methyl sites for hydroxylation is 2. The Kier molecular flexibility index (Phi) is 7.06. The van der Waals surface area contributed by atoms with Crippen molar-refractivity contribution in [2.75, 3.05) is 12.4 Å². The predicted molar refractivity (Wildman–Crippen MR) is 132 cm³/mol. The van der Waals surface area contributed by atoms with Gasteiger partial charge in [-0.15, -0.1) is 5.10 Å². The normalized spacial score (nSPS) is 11.6. The van der Waals surface area contributed by atoms with Crippen LogP contribution in [0.5, 0.6) is 5.75 Å². The van der Waals surface area contributed by atoms with E-state index in [1.165, 1.54) is 16.8 Å². The molecule has 1 amide bonds. The number of anilines is 1. The summed E-state index contributed by atoms with van der Waals surface area (Å²) in [6, 6.07) is 19.4. The van der Waals surface area contributed by atoms with E-state index in [0.29, 0.717) is 22.2 Å².